The number of nitrogens with one attached hydrogen (secondary N) is 1. The molecule has 1 aliphatic rings. The van der Waals surface area contributed by atoms with Gasteiger partial charge in [0, 0.05) is 17.3 Å². The van der Waals surface area contributed by atoms with Crippen molar-refractivity contribution in [1.82, 2.24) is 0 Å². The second-order valence-electron chi connectivity index (χ2n) is 6.57. The lowest BCUT2D eigenvalue weighted by atomic mass is 10.1. The van der Waals surface area contributed by atoms with Crippen LogP contribution in [0.5, 0.6) is 11.5 Å². The fourth-order valence-electron chi connectivity index (χ4n) is 3.33. The first kappa shape index (κ1) is 19.2. The van der Waals surface area contributed by atoms with Crippen molar-refractivity contribution in [2.45, 2.75) is 0 Å². The van der Waals surface area contributed by atoms with E-state index in [0.717, 1.165) is 4.90 Å². The van der Waals surface area contributed by atoms with Gasteiger partial charge in [0.25, 0.3) is 17.7 Å². The third kappa shape index (κ3) is 3.26. The van der Waals surface area contributed by atoms with Crippen molar-refractivity contribution in [1.29, 1.82) is 0 Å². The van der Waals surface area contributed by atoms with Crippen LogP contribution in [0.15, 0.2) is 66.7 Å². The molecule has 0 bridgehead atoms. The molecule has 3 aromatic rings. The molecule has 7 nitrogen and oxygen atoms in total. The zero-order valence-electron chi connectivity index (χ0n) is 16.3. The fourth-order valence-corrected chi connectivity index (χ4v) is 3.33. The SMILES string of the molecule is COc1ccc(NC(=O)c2cccc(N3C(=O)c4ccccc4C3=O)c2)cc1OC. The van der Waals surface area contributed by atoms with E-state index in [1.807, 2.05) is 0 Å². The van der Waals surface area contributed by atoms with E-state index in [1.54, 1.807) is 60.7 Å². The number of hydrogen-bond acceptors (Lipinski definition) is 5. The van der Waals surface area contributed by atoms with Gasteiger partial charge in [0.15, 0.2) is 11.5 Å². The second-order valence-corrected chi connectivity index (χ2v) is 6.57. The molecule has 0 saturated heterocycles. The van der Waals surface area contributed by atoms with Crippen LogP contribution in [0.1, 0.15) is 31.1 Å². The normalized spacial score (nSPS) is 12.5. The Kier molecular flexibility index (Phi) is 4.93. The summed E-state index contributed by atoms with van der Waals surface area (Å²) in [7, 11) is 3.04. The molecular formula is C23H18N2O5. The van der Waals surface area contributed by atoms with Crippen LogP contribution in [0.3, 0.4) is 0 Å². The number of benzene rings is 3. The van der Waals surface area contributed by atoms with Crippen LogP contribution < -0.4 is 19.7 Å². The number of rotatable bonds is 5. The molecule has 0 radical (unpaired) electrons. The van der Waals surface area contributed by atoms with Crippen molar-refractivity contribution < 1.29 is 23.9 Å². The first-order chi connectivity index (χ1) is 14.5. The maximum atomic E-state index is 12.7. The van der Waals surface area contributed by atoms with Gasteiger partial charge < -0.3 is 14.8 Å². The van der Waals surface area contributed by atoms with Crippen molar-refractivity contribution in [3.63, 3.8) is 0 Å². The van der Waals surface area contributed by atoms with Crippen LogP contribution in [0.2, 0.25) is 0 Å². The topological polar surface area (TPSA) is 84.9 Å². The largest absolute Gasteiger partial charge is 0.493 e. The minimum absolute atomic E-state index is 0.304. The molecule has 1 aliphatic heterocycles. The summed E-state index contributed by atoms with van der Waals surface area (Å²) in [5.74, 6) is -0.181. The monoisotopic (exact) mass is 402 g/mol. The quantitative estimate of drug-likeness (QED) is 0.657. The molecule has 7 heteroatoms. The molecule has 3 amide bonds. The van der Waals surface area contributed by atoms with E-state index in [2.05, 4.69) is 5.32 Å². The van der Waals surface area contributed by atoms with E-state index < -0.39 is 11.8 Å². The number of carbonyl (C=O) groups is 3. The number of anilines is 2. The van der Waals surface area contributed by atoms with Crippen LogP contribution in [-0.4, -0.2) is 31.9 Å². The zero-order valence-corrected chi connectivity index (χ0v) is 16.3. The number of hydrogen-bond donors (Lipinski definition) is 1. The van der Waals surface area contributed by atoms with Gasteiger partial charge >= 0.3 is 0 Å². The summed E-state index contributed by atoms with van der Waals surface area (Å²) >= 11 is 0. The first-order valence-corrected chi connectivity index (χ1v) is 9.14. The van der Waals surface area contributed by atoms with E-state index in [4.69, 9.17) is 9.47 Å². The van der Waals surface area contributed by atoms with Gasteiger partial charge in [-0.3, -0.25) is 14.4 Å². The van der Waals surface area contributed by atoms with Crippen LogP contribution >= 0.6 is 0 Å². The minimum atomic E-state index is -0.409. The molecule has 0 aromatic heterocycles. The lowest BCUT2D eigenvalue weighted by molar-refractivity contribution is 0.0924. The Morgan fingerprint density at radius 1 is 0.800 bits per heavy atom. The Balaban J connectivity index is 1.59. The molecule has 0 atom stereocenters. The van der Waals surface area contributed by atoms with E-state index >= 15 is 0 Å². The summed E-state index contributed by atoms with van der Waals surface area (Å²) in [5.41, 5.74) is 1.86. The molecule has 0 saturated carbocycles. The molecule has 150 valence electrons. The Hall–Kier alpha value is -4.13. The van der Waals surface area contributed by atoms with E-state index in [9.17, 15) is 14.4 Å². The van der Waals surface area contributed by atoms with Gasteiger partial charge in [0.1, 0.15) is 0 Å². The van der Waals surface area contributed by atoms with Crippen LogP contribution in [0.25, 0.3) is 0 Å². The summed E-state index contributed by atoms with van der Waals surface area (Å²) < 4.78 is 10.4. The van der Waals surface area contributed by atoms with Gasteiger partial charge in [-0.1, -0.05) is 18.2 Å². The molecule has 0 spiro atoms. The highest BCUT2D eigenvalue weighted by Gasteiger charge is 2.36. The zero-order chi connectivity index (χ0) is 21.3. The molecular weight excluding hydrogens is 384 g/mol. The summed E-state index contributed by atoms with van der Waals surface area (Å²) in [4.78, 5) is 39.2. The number of imide groups is 1. The maximum Gasteiger partial charge on any atom is 0.266 e. The molecule has 0 aliphatic carbocycles. The van der Waals surface area contributed by atoms with Crippen molar-refractivity contribution in [3.8, 4) is 11.5 Å². The second kappa shape index (κ2) is 7.71. The van der Waals surface area contributed by atoms with E-state index in [-0.39, 0.29) is 5.91 Å². The highest BCUT2D eigenvalue weighted by molar-refractivity contribution is 6.34. The number of amides is 3. The summed E-state index contributed by atoms with van der Waals surface area (Å²) in [6.45, 7) is 0. The summed E-state index contributed by atoms with van der Waals surface area (Å²) in [6.07, 6.45) is 0. The predicted octanol–water partition coefficient (Wildman–Crippen LogP) is 3.76. The first-order valence-electron chi connectivity index (χ1n) is 9.14. The molecule has 1 heterocycles. The molecule has 0 fully saturated rings. The smallest absolute Gasteiger partial charge is 0.266 e. The average Bonchev–Trinajstić information content (AvgIpc) is 3.04. The standard InChI is InChI=1S/C23H18N2O5/c1-29-19-11-10-15(13-20(19)30-2)24-21(26)14-6-5-7-16(12-14)25-22(27)17-8-3-4-9-18(17)23(25)28/h3-13H,1-2H3,(H,24,26). The van der Waals surface area contributed by atoms with Crippen LogP contribution in [0, 0.1) is 0 Å². The fraction of sp³-hybridized carbons (Fsp3) is 0.0870. The highest BCUT2D eigenvalue weighted by atomic mass is 16.5. The third-order valence-electron chi connectivity index (χ3n) is 4.80. The van der Waals surface area contributed by atoms with E-state index in [1.165, 1.54) is 20.3 Å². The van der Waals surface area contributed by atoms with Gasteiger partial charge in [0.2, 0.25) is 0 Å². The Morgan fingerprint density at radius 3 is 2.10 bits per heavy atom. The van der Waals surface area contributed by atoms with Gasteiger partial charge in [0.05, 0.1) is 31.0 Å². The molecule has 1 N–H and O–H groups in total. The lowest BCUT2D eigenvalue weighted by Crippen LogP contribution is -2.29. The third-order valence-corrected chi connectivity index (χ3v) is 4.80. The lowest BCUT2D eigenvalue weighted by Gasteiger charge is -2.15. The van der Waals surface area contributed by atoms with Crippen molar-refractivity contribution in [3.05, 3.63) is 83.4 Å². The van der Waals surface area contributed by atoms with Gasteiger partial charge in [-0.15, -0.1) is 0 Å². The molecule has 30 heavy (non-hydrogen) atoms. The molecule has 4 rings (SSSR count). The molecule has 0 unspecified atom stereocenters. The van der Waals surface area contributed by atoms with Gasteiger partial charge in [-0.25, -0.2) is 4.90 Å². The van der Waals surface area contributed by atoms with Crippen LogP contribution in [0.4, 0.5) is 11.4 Å². The predicted molar refractivity (Wildman–Crippen MR) is 112 cm³/mol. The Labute approximate surface area is 172 Å². The van der Waals surface area contributed by atoms with Crippen molar-refractivity contribution in [2.24, 2.45) is 0 Å². The highest BCUT2D eigenvalue weighted by Crippen LogP contribution is 2.31. The average molecular weight is 402 g/mol. The Morgan fingerprint density at radius 2 is 1.47 bits per heavy atom. The minimum Gasteiger partial charge on any atom is -0.493 e. The number of nitrogens with zero attached hydrogens (tertiary/aromatic N) is 1. The number of methoxy groups -OCH3 is 2. The Bertz CT molecular complexity index is 1140. The summed E-state index contributed by atoms with van der Waals surface area (Å²) in [5, 5.41) is 2.78. The molecule has 3 aromatic carbocycles. The van der Waals surface area contributed by atoms with Gasteiger partial charge in [-0.2, -0.15) is 0 Å². The maximum absolute atomic E-state index is 12.7. The van der Waals surface area contributed by atoms with E-state index in [0.29, 0.717) is 39.6 Å². The van der Waals surface area contributed by atoms with Crippen molar-refractivity contribution in [2.75, 3.05) is 24.4 Å². The summed E-state index contributed by atoms with van der Waals surface area (Å²) in [6, 6.07) is 18.0. The van der Waals surface area contributed by atoms with Crippen molar-refractivity contribution >= 4 is 29.1 Å². The van der Waals surface area contributed by atoms with Gasteiger partial charge in [-0.05, 0) is 42.5 Å². The number of ether oxygens (including phenoxy) is 2. The number of fused-ring (bicyclic) bond motifs is 1. The number of carbonyl (C=O) groups excluding carboxylic acids is 3. The van der Waals surface area contributed by atoms with Crippen LogP contribution in [-0.2, 0) is 0 Å².